The summed E-state index contributed by atoms with van der Waals surface area (Å²) in [6.45, 7) is 3.19. The van der Waals surface area contributed by atoms with Crippen LogP contribution in [0.3, 0.4) is 0 Å². The number of halogens is 4. The second kappa shape index (κ2) is 10.1. The van der Waals surface area contributed by atoms with Crippen LogP contribution >= 0.6 is 22.9 Å². The summed E-state index contributed by atoms with van der Waals surface area (Å²) >= 11 is 7.21. The Balaban J connectivity index is 1.42. The Bertz CT molecular complexity index is 1550. The number of piperazine rings is 1. The number of nitrogens with zero attached hydrogens (tertiary/aromatic N) is 4. The van der Waals surface area contributed by atoms with Gasteiger partial charge < -0.3 is 14.7 Å². The van der Waals surface area contributed by atoms with Crippen LogP contribution in [0.4, 0.5) is 18.3 Å². The molecule has 2 unspecified atom stereocenters. The fraction of sp³-hybridized carbons (Fsp3) is 0.333. The van der Waals surface area contributed by atoms with Gasteiger partial charge in [-0.15, -0.1) is 0 Å². The van der Waals surface area contributed by atoms with Crippen molar-refractivity contribution < 1.29 is 23.0 Å². The number of hydrogen-bond acceptors (Lipinski definition) is 7. The first-order chi connectivity index (χ1) is 18.7. The summed E-state index contributed by atoms with van der Waals surface area (Å²) in [7, 11) is 1.69. The predicted octanol–water partition coefficient (Wildman–Crippen LogP) is 5.90. The van der Waals surface area contributed by atoms with Gasteiger partial charge in [0.2, 0.25) is 5.88 Å². The van der Waals surface area contributed by atoms with E-state index in [0.717, 1.165) is 43.0 Å². The SMILES string of the molecule is COCCN1CC2CC1CN2c1nc(O)c(C(=Cc2ccc(Cl)cc2C(F)(F)F)c2ccc3[nH]ncc3c2)s1. The van der Waals surface area contributed by atoms with E-state index in [1.54, 1.807) is 19.4 Å². The van der Waals surface area contributed by atoms with Crippen molar-refractivity contribution in [3.63, 3.8) is 0 Å². The Morgan fingerprint density at radius 3 is 2.82 bits per heavy atom. The molecule has 12 heteroatoms. The van der Waals surface area contributed by atoms with Crippen molar-refractivity contribution in [2.75, 3.05) is 38.3 Å². The molecule has 0 spiro atoms. The smallest absolute Gasteiger partial charge is 0.417 e. The van der Waals surface area contributed by atoms with E-state index in [2.05, 4.69) is 25.0 Å². The van der Waals surface area contributed by atoms with E-state index in [4.69, 9.17) is 16.3 Å². The lowest BCUT2D eigenvalue weighted by atomic mass is 9.98. The fourth-order valence-corrected chi connectivity index (χ4v) is 6.76. The van der Waals surface area contributed by atoms with E-state index in [-0.39, 0.29) is 22.5 Å². The van der Waals surface area contributed by atoms with Gasteiger partial charge in [-0.25, -0.2) is 0 Å². The number of methoxy groups -OCH3 is 1. The number of likely N-dealkylation sites (tertiary alicyclic amines) is 1. The second-order valence-corrected chi connectivity index (χ2v) is 11.2. The van der Waals surface area contributed by atoms with Crippen molar-refractivity contribution in [1.29, 1.82) is 0 Å². The number of nitrogens with one attached hydrogen (secondary N) is 1. The third-order valence-electron chi connectivity index (χ3n) is 7.40. The number of alkyl halides is 3. The van der Waals surface area contributed by atoms with Crippen LogP contribution in [0, 0.1) is 0 Å². The standard InChI is InChI=1S/C27H25ClF3N5O2S/c1-38-7-6-35-13-20-11-19(35)14-36(20)26-33-25(37)24(39-26)21(15-3-5-23-17(8-15)12-32-34-23)9-16-2-4-18(28)10-22(16)27(29,30)31/h2-5,8-10,12,19-20,37H,6-7,11,13-14H2,1H3,(H,32,34). The minimum atomic E-state index is -4.61. The van der Waals surface area contributed by atoms with Gasteiger partial charge in [-0.2, -0.15) is 23.3 Å². The summed E-state index contributed by atoms with van der Waals surface area (Å²) in [5.74, 6) is -0.213. The van der Waals surface area contributed by atoms with Gasteiger partial charge >= 0.3 is 6.18 Å². The average Bonchev–Trinajstić information content (AvgIpc) is 3.69. The van der Waals surface area contributed by atoms with E-state index in [1.807, 2.05) is 12.1 Å². The lowest BCUT2D eigenvalue weighted by molar-refractivity contribution is -0.137. The number of thiazole rings is 1. The van der Waals surface area contributed by atoms with Gasteiger partial charge in [0.25, 0.3) is 0 Å². The molecule has 2 bridgehead atoms. The van der Waals surface area contributed by atoms with Gasteiger partial charge in [0, 0.05) is 54.8 Å². The van der Waals surface area contributed by atoms with E-state index < -0.39 is 11.7 Å². The summed E-state index contributed by atoms with van der Waals surface area (Å²) in [5.41, 5.74) is 0.942. The first kappa shape index (κ1) is 26.1. The number of rotatable bonds is 7. The van der Waals surface area contributed by atoms with Crippen molar-refractivity contribution in [1.82, 2.24) is 20.1 Å². The molecule has 2 atom stereocenters. The number of H-pyrrole nitrogens is 1. The van der Waals surface area contributed by atoms with Gasteiger partial charge in [-0.1, -0.05) is 35.1 Å². The molecule has 2 N–H and O–H groups in total. The highest BCUT2D eigenvalue weighted by Crippen LogP contribution is 2.44. The Hall–Kier alpha value is -3.12. The van der Waals surface area contributed by atoms with Crippen molar-refractivity contribution in [3.05, 3.63) is 69.2 Å². The van der Waals surface area contributed by atoms with Crippen molar-refractivity contribution in [3.8, 4) is 5.88 Å². The number of aromatic hydroxyl groups is 1. The molecule has 0 radical (unpaired) electrons. The number of anilines is 1. The van der Waals surface area contributed by atoms with Crippen LogP contribution in [0.1, 0.15) is 28.0 Å². The Morgan fingerprint density at radius 1 is 1.23 bits per heavy atom. The molecule has 2 aromatic heterocycles. The number of ether oxygens (including phenoxy) is 1. The highest BCUT2D eigenvalue weighted by molar-refractivity contribution is 7.17. The van der Waals surface area contributed by atoms with Crippen LogP contribution in [0.15, 0.2) is 42.6 Å². The molecule has 39 heavy (non-hydrogen) atoms. The van der Waals surface area contributed by atoms with E-state index in [1.165, 1.54) is 29.5 Å². The molecule has 4 aromatic rings. The highest BCUT2D eigenvalue weighted by atomic mass is 35.5. The van der Waals surface area contributed by atoms with Crippen LogP contribution in [0.2, 0.25) is 5.02 Å². The van der Waals surface area contributed by atoms with Crippen LogP contribution in [0.5, 0.6) is 5.88 Å². The van der Waals surface area contributed by atoms with Crippen LogP contribution in [-0.2, 0) is 10.9 Å². The first-order valence-electron chi connectivity index (χ1n) is 12.4. The third kappa shape index (κ3) is 5.00. The maximum absolute atomic E-state index is 14.0. The van der Waals surface area contributed by atoms with Crippen molar-refractivity contribution in [2.24, 2.45) is 0 Å². The number of benzene rings is 2. The van der Waals surface area contributed by atoms with Crippen LogP contribution in [0.25, 0.3) is 22.6 Å². The second-order valence-electron chi connectivity index (χ2n) is 9.79. The summed E-state index contributed by atoms with van der Waals surface area (Å²) in [6.07, 6.45) is -0.520. The quantitative estimate of drug-likeness (QED) is 0.267. The molecule has 2 aliphatic rings. The zero-order valence-corrected chi connectivity index (χ0v) is 22.4. The molecule has 0 amide bonds. The maximum Gasteiger partial charge on any atom is 0.417 e. The minimum Gasteiger partial charge on any atom is -0.492 e. The first-order valence-corrected chi connectivity index (χ1v) is 13.6. The number of aromatic nitrogens is 3. The summed E-state index contributed by atoms with van der Waals surface area (Å²) in [4.78, 5) is 9.48. The molecule has 2 fully saturated rings. The Morgan fingerprint density at radius 2 is 2.08 bits per heavy atom. The molecule has 0 aliphatic carbocycles. The average molecular weight is 576 g/mol. The van der Waals surface area contributed by atoms with Crippen molar-refractivity contribution >= 4 is 50.6 Å². The molecular weight excluding hydrogens is 551 g/mol. The molecule has 4 heterocycles. The number of fused-ring (bicyclic) bond motifs is 3. The summed E-state index contributed by atoms with van der Waals surface area (Å²) in [6, 6.07) is 9.75. The normalized spacial score (nSPS) is 20.0. The zero-order valence-electron chi connectivity index (χ0n) is 20.9. The minimum absolute atomic E-state index is 0.00704. The molecule has 2 saturated heterocycles. The predicted molar refractivity (Wildman–Crippen MR) is 146 cm³/mol. The Kier molecular flexibility index (Phi) is 6.78. The Labute approximate surface area is 231 Å². The van der Waals surface area contributed by atoms with Gasteiger partial charge in [0.15, 0.2) is 5.13 Å². The van der Waals surface area contributed by atoms with Crippen LogP contribution in [-0.4, -0.2) is 70.6 Å². The van der Waals surface area contributed by atoms with Gasteiger partial charge in [-0.3, -0.25) is 10.00 Å². The molecule has 2 aromatic carbocycles. The van der Waals surface area contributed by atoms with Crippen LogP contribution < -0.4 is 4.90 Å². The largest absolute Gasteiger partial charge is 0.492 e. The highest BCUT2D eigenvalue weighted by Gasteiger charge is 2.44. The van der Waals surface area contributed by atoms with Gasteiger partial charge in [0.1, 0.15) is 4.88 Å². The molecule has 204 valence electrons. The fourth-order valence-electron chi connectivity index (χ4n) is 5.51. The van der Waals surface area contributed by atoms with Gasteiger partial charge in [0.05, 0.1) is 23.9 Å². The van der Waals surface area contributed by atoms with E-state index in [0.29, 0.717) is 33.8 Å². The van der Waals surface area contributed by atoms with E-state index >= 15 is 0 Å². The van der Waals surface area contributed by atoms with E-state index in [9.17, 15) is 18.3 Å². The zero-order chi connectivity index (χ0) is 27.3. The summed E-state index contributed by atoms with van der Waals surface area (Å²) < 4.78 is 47.1. The monoisotopic (exact) mass is 575 g/mol. The molecule has 6 rings (SSSR count). The molecule has 0 saturated carbocycles. The lowest BCUT2D eigenvalue weighted by Crippen LogP contribution is -2.47. The molecule has 7 nitrogen and oxygen atoms in total. The van der Waals surface area contributed by atoms with Crippen molar-refractivity contribution in [2.45, 2.75) is 24.7 Å². The van der Waals surface area contributed by atoms with Gasteiger partial charge in [-0.05, 0) is 47.9 Å². The molecular formula is C27H25ClF3N5O2S. The maximum atomic E-state index is 14.0. The molecule has 2 aliphatic heterocycles. The topological polar surface area (TPSA) is 77.5 Å². The summed E-state index contributed by atoms with van der Waals surface area (Å²) in [5, 5.41) is 19.4. The lowest BCUT2D eigenvalue weighted by Gasteiger charge is -2.33. The third-order valence-corrected chi connectivity index (χ3v) is 8.75. The number of aromatic amines is 1. The number of hydrogen-bond donors (Lipinski definition) is 2.